The Hall–Kier alpha value is -2.11. The molecular formula is C25H30ClN3O2. The van der Waals surface area contributed by atoms with E-state index >= 15 is 0 Å². The van der Waals surface area contributed by atoms with Gasteiger partial charge < -0.3 is 14.9 Å². The number of carbonyl (C=O) groups is 1. The van der Waals surface area contributed by atoms with Crippen molar-refractivity contribution in [1.29, 1.82) is 0 Å². The van der Waals surface area contributed by atoms with E-state index in [4.69, 9.17) is 16.6 Å². The first kappa shape index (κ1) is 20.8. The van der Waals surface area contributed by atoms with E-state index in [0.717, 1.165) is 75.0 Å². The third-order valence-corrected chi connectivity index (χ3v) is 7.74. The largest absolute Gasteiger partial charge is 0.393 e. The molecule has 0 radical (unpaired) electrons. The van der Waals surface area contributed by atoms with Gasteiger partial charge in [0.2, 0.25) is 5.91 Å². The molecule has 164 valence electrons. The topological polar surface area (TPSA) is 56.7 Å². The number of pyridine rings is 1. The molecule has 2 aliphatic heterocycles. The fraction of sp³-hybridized carbons (Fsp3) is 0.520. The Morgan fingerprint density at radius 2 is 1.81 bits per heavy atom. The SMILES string of the molecule is O=C1N([C@H]2CC[C@@H](O)CC2)CCC12CCCN(c1ncc(-c3ccccc3)cc1Cl)C2. The lowest BCUT2D eigenvalue weighted by Gasteiger charge is -2.41. The van der Waals surface area contributed by atoms with Gasteiger partial charge in [0.15, 0.2) is 0 Å². The quantitative estimate of drug-likeness (QED) is 0.763. The van der Waals surface area contributed by atoms with Crippen molar-refractivity contribution in [1.82, 2.24) is 9.88 Å². The number of amides is 1. The second kappa shape index (κ2) is 8.44. The van der Waals surface area contributed by atoms with Crippen LogP contribution in [0.1, 0.15) is 44.9 Å². The zero-order chi connectivity index (χ0) is 21.4. The Morgan fingerprint density at radius 3 is 2.55 bits per heavy atom. The van der Waals surface area contributed by atoms with E-state index in [2.05, 4.69) is 21.9 Å². The van der Waals surface area contributed by atoms with Crippen molar-refractivity contribution >= 4 is 23.3 Å². The summed E-state index contributed by atoms with van der Waals surface area (Å²) in [6.07, 6.45) is 7.95. The van der Waals surface area contributed by atoms with Crippen LogP contribution in [0.5, 0.6) is 0 Å². The highest BCUT2D eigenvalue weighted by Crippen LogP contribution is 2.44. The second-order valence-electron chi connectivity index (χ2n) is 9.41. The minimum atomic E-state index is -0.322. The van der Waals surface area contributed by atoms with Crippen LogP contribution in [0.3, 0.4) is 0 Å². The molecule has 1 spiro atoms. The standard InChI is InChI=1S/C25H30ClN3O2/c26-22-15-19(18-5-2-1-3-6-18)16-27-23(22)28-13-4-11-25(17-28)12-14-29(24(25)31)20-7-9-21(30)10-8-20/h1-3,5-6,15-16,20-21,30H,4,7-14,17H2/t20-,21+,25?. The minimum Gasteiger partial charge on any atom is -0.393 e. The van der Waals surface area contributed by atoms with Crippen molar-refractivity contribution in [3.8, 4) is 11.1 Å². The summed E-state index contributed by atoms with van der Waals surface area (Å²) >= 11 is 6.69. The van der Waals surface area contributed by atoms with E-state index in [0.29, 0.717) is 17.5 Å². The number of likely N-dealkylation sites (tertiary alicyclic amines) is 1. The van der Waals surface area contributed by atoms with E-state index < -0.39 is 0 Å². The van der Waals surface area contributed by atoms with Crippen LogP contribution in [-0.2, 0) is 4.79 Å². The number of hydrogen-bond donors (Lipinski definition) is 1. The normalized spacial score (nSPS) is 29.0. The molecule has 1 atom stereocenters. The fourth-order valence-electron chi connectivity index (χ4n) is 5.71. The smallest absolute Gasteiger partial charge is 0.230 e. The van der Waals surface area contributed by atoms with Gasteiger partial charge in [0.05, 0.1) is 16.5 Å². The summed E-state index contributed by atoms with van der Waals surface area (Å²) in [6.45, 7) is 2.40. The number of rotatable bonds is 3. The summed E-state index contributed by atoms with van der Waals surface area (Å²) in [6, 6.07) is 12.4. The van der Waals surface area contributed by atoms with E-state index in [1.165, 1.54) is 0 Å². The first-order chi connectivity index (χ1) is 15.1. The molecule has 3 aliphatic rings. The average Bonchev–Trinajstić information content (AvgIpc) is 3.10. The third-order valence-electron chi connectivity index (χ3n) is 7.46. The van der Waals surface area contributed by atoms with Gasteiger partial charge in [-0.05, 0) is 56.6 Å². The van der Waals surface area contributed by atoms with Gasteiger partial charge in [-0.1, -0.05) is 41.9 Å². The second-order valence-corrected chi connectivity index (χ2v) is 9.82. The summed E-state index contributed by atoms with van der Waals surface area (Å²) < 4.78 is 0. The van der Waals surface area contributed by atoms with Gasteiger partial charge >= 0.3 is 0 Å². The van der Waals surface area contributed by atoms with Gasteiger partial charge in [-0.15, -0.1) is 0 Å². The summed E-state index contributed by atoms with van der Waals surface area (Å²) in [7, 11) is 0. The van der Waals surface area contributed by atoms with Crippen LogP contribution in [-0.4, -0.2) is 52.7 Å². The number of halogens is 1. The molecule has 3 heterocycles. The van der Waals surface area contributed by atoms with Gasteiger partial charge in [-0.25, -0.2) is 4.98 Å². The first-order valence-corrected chi connectivity index (χ1v) is 11.9. The number of hydrogen-bond acceptors (Lipinski definition) is 4. The highest BCUT2D eigenvalue weighted by atomic mass is 35.5. The van der Waals surface area contributed by atoms with Crippen LogP contribution in [0.4, 0.5) is 5.82 Å². The maximum Gasteiger partial charge on any atom is 0.230 e. The molecule has 1 N–H and O–H groups in total. The maximum atomic E-state index is 13.5. The monoisotopic (exact) mass is 439 g/mol. The molecule has 1 amide bonds. The Morgan fingerprint density at radius 1 is 1.03 bits per heavy atom. The zero-order valence-corrected chi connectivity index (χ0v) is 18.6. The maximum absolute atomic E-state index is 13.5. The van der Waals surface area contributed by atoms with Crippen LogP contribution in [0.15, 0.2) is 42.6 Å². The van der Waals surface area contributed by atoms with Crippen molar-refractivity contribution in [3.63, 3.8) is 0 Å². The summed E-state index contributed by atoms with van der Waals surface area (Å²) in [5.41, 5.74) is 1.78. The van der Waals surface area contributed by atoms with Crippen molar-refractivity contribution in [2.24, 2.45) is 5.41 Å². The molecule has 1 aromatic heterocycles. The average molecular weight is 440 g/mol. The molecule has 2 saturated heterocycles. The van der Waals surface area contributed by atoms with Gasteiger partial charge in [0.25, 0.3) is 0 Å². The van der Waals surface area contributed by atoms with Crippen molar-refractivity contribution in [2.75, 3.05) is 24.5 Å². The number of carbonyl (C=O) groups excluding carboxylic acids is 1. The molecule has 1 unspecified atom stereocenters. The molecule has 3 fully saturated rings. The molecule has 5 nitrogen and oxygen atoms in total. The number of aliphatic hydroxyl groups is 1. The molecule has 1 aliphatic carbocycles. The number of aromatic nitrogens is 1. The molecule has 1 saturated carbocycles. The summed E-state index contributed by atoms with van der Waals surface area (Å²) in [5, 5.41) is 10.5. The number of nitrogens with zero attached hydrogens (tertiary/aromatic N) is 3. The first-order valence-electron chi connectivity index (χ1n) is 11.5. The lowest BCUT2D eigenvalue weighted by molar-refractivity contribution is -0.139. The molecular weight excluding hydrogens is 410 g/mol. The summed E-state index contributed by atoms with van der Waals surface area (Å²) in [4.78, 5) is 22.6. The van der Waals surface area contributed by atoms with Crippen LogP contribution in [0, 0.1) is 5.41 Å². The minimum absolute atomic E-state index is 0.194. The molecule has 0 bridgehead atoms. The van der Waals surface area contributed by atoms with Gasteiger partial charge in [0.1, 0.15) is 5.82 Å². The molecule has 6 heteroatoms. The van der Waals surface area contributed by atoms with Crippen LogP contribution in [0.25, 0.3) is 11.1 Å². The van der Waals surface area contributed by atoms with Gasteiger partial charge in [0, 0.05) is 37.4 Å². The predicted octanol–water partition coefficient (Wildman–Crippen LogP) is 4.52. The van der Waals surface area contributed by atoms with Crippen LogP contribution < -0.4 is 4.90 Å². The zero-order valence-electron chi connectivity index (χ0n) is 17.8. The summed E-state index contributed by atoms with van der Waals surface area (Å²) in [5.74, 6) is 1.09. The number of benzene rings is 1. The van der Waals surface area contributed by atoms with Gasteiger partial charge in [-0.2, -0.15) is 0 Å². The molecule has 5 rings (SSSR count). The lowest BCUT2D eigenvalue weighted by Crippen LogP contribution is -2.50. The van der Waals surface area contributed by atoms with Crippen molar-refractivity contribution in [3.05, 3.63) is 47.6 Å². The third kappa shape index (κ3) is 3.94. The lowest BCUT2D eigenvalue weighted by atomic mass is 9.78. The number of aliphatic hydroxyl groups excluding tert-OH is 1. The fourth-order valence-corrected chi connectivity index (χ4v) is 5.99. The molecule has 31 heavy (non-hydrogen) atoms. The van der Waals surface area contributed by atoms with E-state index in [-0.39, 0.29) is 17.6 Å². The van der Waals surface area contributed by atoms with Crippen LogP contribution in [0.2, 0.25) is 5.02 Å². The Kier molecular flexibility index (Phi) is 5.65. The highest BCUT2D eigenvalue weighted by molar-refractivity contribution is 6.33. The predicted molar refractivity (Wildman–Crippen MR) is 123 cm³/mol. The Balaban J connectivity index is 1.33. The highest BCUT2D eigenvalue weighted by Gasteiger charge is 2.51. The number of piperidine rings is 1. The van der Waals surface area contributed by atoms with E-state index in [1.54, 1.807) is 0 Å². The van der Waals surface area contributed by atoms with Gasteiger partial charge in [-0.3, -0.25) is 4.79 Å². The Bertz CT molecular complexity index is 945. The van der Waals surface area contributed by atoms with Crippen LogP contribution >= 0.6 is 11.6 Å². The number of anilines is 1. The van der Waals surface area contributed by atoms with Crippen molar-refractivity contribution < 1.29 is 9.90 Å². The Labute approximate surface area is 189 Å². The molecule has 1 aromatic carbocycles. The van der Waals surface area contributed by atoms with E-state index in [9.17, 15) is 9.90 Å². The van der Waals surface area contributed by atoms with E-state index in [1.807, 2.05) is 30.5 Å². The van der Waals surface area contributed by atoms with Crippen molar-refractivity contribution in [2.45, 2.75) is 57.1 Å². The molecule has 2 aromatic rings.